The number of hydrogen-bond acceptors (Lipinski definition) is 5. The van der Waals surface area contributed by atoms with E-state index >= 15 is 0 Å². The summed E-state index contributed by atoms with van der Waals surface area (Å²) in [5.41, 5.74) is 1.23. The molecule has 27 heavy (non-hydrogen) atoms. The molecule has 0 bridgehead atoms. The summed E-state index contributed by atoms with van der Waals surface area (Å²) in [5, 5.41) is 9.61. The quantitative estimate of drug-likeness (QED) is 0.716. The van der Waals surface area contributed by atoms with E-state index in [-0.39, 0.29) is 12.5 Å². The first-order valence-electron chi connectivity index (χ1n) is 9.38. The molecule has 0 aromatic heterocycles. The topological polar surface area (TPSA) is 79.6 Å². The molecule has 1 aliphatic carbocycles. The van der Waals surface area contributed by atoms with Gasteiger partial charge < -0.3 is 14.4 Å². The van der Waals surface area contributed by atoms with E-state index < -0.39 is 17.6 Å². The van der Waals surface area contributed by atoms with Crippen molar-refractivity contribution in [2.24, 2.45) is 0 Å². The van der Waals surface area contributed by atoms with Crippen molar-refractivity contribution in [2.45, 2.75) is 64.5 Å². The lowest BCUT2D eigenvalue weighted by atomic mass is 9.81. The molecule has 1 aliphatic rings. The largest absolute Gasteiger partial charge is 0.482 e. The first-order chi connectivity index (χ1) is 12.8. The van der Waals surface area contributed by atoms with Gasteiger partial charge in [0.05, 0.1) is 6.07 Å². The average molecular weight is 372 g/mol. The van der Waals surface area contributed by atoms with E-state index in [4.69, 9.17) is 9.47 Å². The number of benzene rings is 1. The van der Waals surface area contributed by atoms with Gasteiger partial charge in [-0.2, -0.15) is 5.26 Å². The maximum atomic E-state index is 12.7. The summed E-state index contributed by atoms with van der Waals surface area (Å²) in [7, 11) is 1.62. The molecule has 0 spiro atoms. The minimum atomic E-state index is -0.961. The van der Waals surface area contributed by atoms with Gasteiger partial charge in [0, 0.05) is 7.05 Å². The Labute approximate surface area is 161 Å². The van der Waals surface area contributed by atoms with Crippen LogP contribution >= 0.6 is 0 Å². The molecule has 6 heteroatoms. The summed E-state index contributed by atoms with van der Waals surface area (Å²) in [6.45, 7) is 5.15. The summed E-state index contributed by atoms with van der Waals surface area (Å²) in [6, 6.07) is 7.92. The Kier molecular flexibility index (Phi) is 6.84. The number of aryl methyl sites for hydroxylation is 1. The highest BCUT2D eigenvalue weighted by molar-refractivity contribution is 5.84. The van der Waals surface area contributed by atoms with Crippen molar-refractivity contribution >= 4 is 11.9 Å². The third-order valence-electron chi connectivity index (χ3n) is 5.42. The fraction of sp³-hybridized carbons (Fsp3) is 0.571. The SMILES string of the molecule is Cc1cccc(OCC(=O)O[C@@H](C)C(=O)N(C)C2(C#N)CCCCC2)c1C. The molecular weight excluding hydrogens is 344 g/mol. The normalized spacial score (nSPS) is 16.7. The van der Waals surface area contributed by atoms with Crippen LogP contribution in [0.5, 0.6) is 5.75 Å². The number of carbonyl (C=O) groups is 2. The molecule has 1 aromatic rings. The maximum Gasteiger partial charge on any atom is 0.344 e. The highest BCUT2D eigenvalue weighted by Crippen LogP contribution is 2.32. The molecule has 1 saturated carbocycles. The van der Waals surface area contributed by atoms with Crippen molar-refractivity contribution in [1.82, 2.24) is 4.90 Å². The minimum Gasteiger partial charge on any atom is -0.482 e. The summed E-state index contributed by atoms with van der Waals surface area (Å²) >= 11 is 0. The van der Waals surface area contributed by atoms with Gasteiger partial charge in [-0.15, -0.1) is 0 Å². The number of ether oxygens (including phenoxy) is 2. The number of amides is 1. The van der Waals surface area contributed by atoms with Crippen molar-refractivity contribution in [1.29, 1.82) is 5.26 Å². The smallest absolute Gasteiger partial charge is 0.344 e. The molecule has 1 atom stereocenters. The first kappa shape index (κ1) is 20.8. The van der Waals surface area contributed by atoms with Crippen molar-refractivity contribution < 1.29 is 19.1 Å². The van der Waals surface area contributed by atoms with Crippen LogP contribution in [0.4, 0.5) is 0 Å². The van der Waals surface area contributed by atoms with Crippen LogP contribution < -0.4 is 4.74 Å². The Morgan fingerprint density at radius 1 is 1.26 bits per heavy atom. The van der Waals surface area contributed by atoms with Gasteiger partial charge in [-0.05, 0) is 50.8 Å². The second-order valence-electron chi connectivity index (χ2n) is 7.22. The van der Waals surface area contributed by atoms with Crippen LogP contribution in [-0.2, 0) is 14.3 Å². The zero-order chi connectivity index (χ0) is 20.0. The lowest BCUT2D eigenvalue weighted by Gasteiger charge is -2.39. The molecule has 1 fully saturated rings. The summed E-state index contributed by atoms with van der Waals surface area (Å²) < 4.78 is 10.8. The molecule has 0 unspecified atom stereocenters. The number of hydrogen-bond donors (Lipinski definition) is 0. The Bertz CT molecular complexity index is 732. The van der Waals surface area contributed by atoms with Crippen LogP contribution in [0.1, 0.15) is 50.2 Å². The van der Waals surface area contributed by atoms with Gasteiger partial charge in [0.1, 0.15) is 11.3 Å². The number of carbonyl (C=O) groups excluding carboxylic acids is 2. The fourth-order valence-corrected chi connectivity index (χ4v) is 3.44. The highest BCUT2D eigenvalue weighted by Gasteiger charge is 2.40. The van der Waals surface area contributed by atoms with E-state index in [0.717, 1.165) is 30.4 Å². The molecular formula is C21H28N2O4. The van der Waals surface area contributed by atoms with Gasteiger partial charge in [-0.3, -0.25) is 4.79 Å². The number of nitrogens with zero attached hydrogens (tertiary/aromatic N) is 2. The van der Waals surface area contributed by atoms with Crippen molar-refractivity contribution in [3.05, 3.63) is 29.3 Å². The molecule has 0 radical (unpaired) electrons. The van der Waals surface area contributed by atoms with Gasteiger partial charge >= 0.3 is 5.97 Å². The Hall–Kier alpha value is -2.55. The molecule has 6 nitrogen and oxygen atoms in total. The lowest BCUT2D eigenvalue weighted by Crippen LogP contribution is -2.53. The standard InChI is InChI=1S/C21H28N2O4/c1-15-9-8-10-18(16(15)2)26-13-19(24)27-17(3)20(25)23(4)21(14-22)11-6-5-7-12-21/h8-10,17H,5-7,11-13H2,1-4H3/t17-/m0/s1. The van der Waals surface area contributed by atoms with E-state index in [0.29, 0.717) is 18.6 Å². The van der Waals surface area contributed by atoms with Crippen molar-refractivity contribution in [3.8, 4) is 11.8 Å². The predicted octanol–water partition coefficient (Wildman–Crippen LogP) is 3.30. The van der Waals surface area contributed by atoms with Gasteiger partial charge in [0.15, 0.2) is 12.7 Å². The molecule has 146 valence electrons. The van der Waals surface area contributed by atoms with Crippen LogP contribution in [-0.4, -0.2) is 42.1 Å². The number of esters is 1. The monoisotopic (exact) mass is 372 g/mol. The lowest BCUT2D eigenvalue weighted by molar-refractivity contribution is -0.162. The molecule has 0 N–H and O–H groups in total. The van der Waals surface area contributed by atoms with Gasteiger partial charge in [-0.25, -0.2) is 4.79 Å². The van der Waals surface area contributed by atoms with Crippen LogP contribution in [0.25, 0.3) is 0 Å². The molecule has 2 rings (SSSR count). The summed E-state index contributed by atoms with van der Waals surface area (Å²) in [6.07, 6.45) is 3.26. The van der Waals surface area contributed by atoms with Gasteiger partial charge in [0.25, 0.3) is 5.91 Å². The fourth-order valence-electron chi connectivity index (χ4n) is 3.44. The van der Waals surface area contributed by atoms with E-state index in [1.807, 2.05) is 26.0 Å². The van der Waals surface area contributed by atoms with E-state index in [1.54, 1.807) is 13.1 Å². The molecule has 0 saturated heterocycles. The Morgan fingerprint density at radius 2 is 1.93 bits per heavy atom. The zero-order valence-electron chi connectivity index (χ0n) is 16.6. The maximum absolute atomic E-state index is 12.7. The first-order valence-corrected chi connectivity index (χ1v) is 9.38. The van der Waals surface area contributed by atoms with E-state index in [9.17, 15) is 14.9 Å². The average Bonchev–Trinajstić information content (AvgIpc) is 2.68. The predicted molar refractivity (Wildman–Crippen MR) is 101 cm³/mol. The molecule has 1 amide bonds. The summed E-state index contributed by atoms with van der Waals surface area (Å²) in [5.74, 6) is -0.355. The number of rotatable bonds is 6. The van der Waals surface area contributed by atoms with E-state index in [2.05, 4.69) is 6.07 Å². The molecule has 1 aromatic carbocycles. The number of nitriles is 1. The third-order valence-corrected chi connectivity index (χ3v) is 5.42. The second kappa shape index (κ2) is 8.90. The molecule has 0 heterocycles. The molecule has 0 aliphatic heterocycles. The van der Waals surface area contributed by atoms with Gasteiger partial charge in [-0.1, -0.05) is 31.4 Å². The second-order valence-corrected chi connectivity index (χ2v) is 7.22. The van der Waals surface area contributed by atoms with Crippen LogP contribution in [0.3, 0.4) is 0 Å². The third kappa shape index (κ3) is 4.79. The van der Waals surface area contributed by atoms with Gasteiger partial charge in [0.2, 0.25) is 0 Å². The zero-order valence-corrected chi connectivity index (χ0v) is 16.6. The highest BCUT2D eigenvalue weighted by atomic mass is 16.6. The Balaban J connectivity index is 1.92. The van der Waals surface area contributed by atoms with Crippen molar-refractivity contribution in [3.63, 3.8) is 0 Å². The van der Waals surface area contributed by atoms with Crippen LogP contribution in [0.2, 0.25) is 0 Å². The van der Waals surface area contributed by atoms with Crippen LogP contribution in [0.15, 0.2) is 18.2 Å². The number of likely N-dealkylation sites (N-methyl/N-ethyl adjacent to an activating group) is 1. The summed E-state index contributed by atoms with van der Waals surface area (Å²) in [4.78, 5) is 26.2. The Morgan fingerprint density at radius 3 is 2.56 bits per heavy atom. The van der Waals surface area contributed by atoms with E-state index in [1.165, 1.54) is 11.8 Å². The van der Waals surface area contributed by atoms with Crippen molar-refractivity contribution in [2.75, 3.05) is 13.7 Å². The minimum absolute atomic E-state index is 0.269. The van der Waals surface area contributed by atoms with Crippen LogP contribution in [0, 0.1) is 25.2 Å².